The van der Waals surface area contributed by atoms with Crippen molar-refractivity contribution >= 4 is 17.9 Å². The minimum absolute atomic E-state index is 0.0184. The van der Waals surface area contributed by atoms with E-state index in [9.17, 15) is 50.1 Å². The summed E-state index contributed by atoms with van der Waals surface area (Å²) in [4.78, 5) is 40.6. The molecule has 0 aliphatic carbocycles. The number of nitrogens with zero attached hydrogens (tertiary/aromatic N) is 4. The largest absolute Gasteiger partial charge is 0.548 e. The highest BCUT2D eigenvalue weighted by Crippen LogP contribution is 2.09. The van der Waals surface area contributed by atoms with Crippen molar-refractivity contribution in [3.63, 3.8) is 0 Å². The molecule has 1 aliphatic heterocycles. The molecule has 1 heterocycles. The van der Waals surface area contributed by atoms with Crippen LogP contribution in [0.15, 0.2) is 0 Å². The molecule has 0 bridgehead atoms. The Bertz CT molecular complexity index is 615. The van der Waals surface area contributed by atoms with Gasteiger partial charge < -0.3 is 50.1 Å². The first-order chi connectivity index (χ1) is 16.0. The summed E-state index contributed by atoms with van der Waals surface area (Å²) in [7, 11) is 0. The molecule has 1 aliphatic rings. The van der Waals surface area contributed by atoms with E-state index in [1.165, 1.54) is 14.7 Å². The third-order valence-electron chi connectivity index (χ3n) is 5.94. The molecule has 0 radical (unpaired) electrons. The fourth-order valence-corrected chi connectivity index (χ4v) is 4.01. The third kappa shape index (κ3) is 9.38. The predicted molar refractivity (Wildman–Crippen MR) is 110 cm³/mol. The maximum Gasteiger partial charge on any atom is 0.0728 e. The van der Waals surface area contributed by atoms with Gasteiger partial charge in [0.25, 0.3) is 0 Å². The molecule has 34 heavy (non-hydrogen) atoms. The van der Waals surface area contributed by atoms with Gasteiger partial charge >= 0.3 is 0 Å². The molecule has 0 saturated carbocycles. The zero-order chi connectivity index (χ0) is 25.8. The molecule has 0 aromatic heterocycles. The second-order valence-electron chi connectivity index (χ2n) is 8.31. The van der Waals surface area contributed by atoms with E-state index in [0.29, 0.717) is 0 Å². The Hall–Kier alpha value is -1.91. The third-order valence-corrected chi connectivity index (χ3v) is 5.94. The number of aliphatic hydroxyl groups excluding tert-OH is 4. The fraction of sp³-hybridized carbons (Fsp3) is 0.850. The summed E-state index contributed by atoms with van der Waals surface area (Å²) in [6.45, 7) is 0.0537. The SMILES string of the molecule is CC(O)CN1CCN(C(CO)C(=O)[O-])CCN(C(CO)C(=O)[O-])CCN(C(CO)C(=O)[O-])CC1. The monoisotopic (exact) mass is 491 g/mol. The number of aliphatic hydroxyl groups is 4. The minimum atomic E-state index is -1.56. The van der Waals surface area contributed by atoms with Gasteiger partial charge in [-0.3, -0.25) is 19.6 Å². The van der Waals surface area contributed by atoms with E-state index in [1.54, 1.807) is 11.8 Å². The summed E-state index contributed by atoms with van der Waals surface area (Å²) in [5, 5.41) is 73.2. The minimum Gasteiger partial charge on any atom is -0.548 e. The molecule has 4 N–H and O–H groups in total. The maximum absolute atomic E-state index is 11.6. The lowest BCUT2D eigenvalue weighted by molar-refractivity contribution is -0.315. The summed E-state index contributed by atoms with van der Waals surface area (Å²) in [6.07, 6.45) is -0.733. The topological polar surface area (TPSA) is 214 Å². The van der Waals surface area contributed by atoms with Crippen molar-refractivity contribution in [3.8, 4) is 0 Å². The number of aliphatic carboxylic acids is 3. The van der Waals surface area contributed by atoms with Crippen molar-refractivity contribution < 1.29 is 50.1 Å². The summed E-state index contributed by atoms with van der Waals surface area (Å²) < 4.78 is 0. The van der Waals surface area contributed by atoms with E-state index in [4.69, 9.17) is 0 Å². The van der Waals surface area contributed by atoms with Crippen molar-refractivity contribution in [2.45, 2.75) is 31.2 Å². The summed E-state index contributed by atoms with van der Waals surface area (Å²) in [5.74, 6) is -4.58. The van der Waals surface area contributed by atoms with Crippen LogP contribution in [0.3, 0.4) is 0 Å². The van der Waals surface area contributed by atoms with E-state index in [1.807, 2.05) is 0 Å². The average Bonchev–Trinajstić information content (AvgIpc) is 2.74. The van der Waals surface area contributed by atoms with Gasteiger partial charge in [0.15, 0.2) is 0 Å². The zero-order valence-electron chi connectivity index (χ0n) is 19.3. The lowest BCUT2D eigenvalue weighted by Crippen LogP contribution is -2.59. The van der Waals surface area contributed by atoms with Crippen LogP contribution in [0.25, 0.3) is 0 Å². The van der Waals surface area contributed by atoms with Crippen LogP contribution in [0.4, 0.5) is 0 Å². The molecular formula is C20H35N4O10-3. The Labute approximate surface area is 198 Å². The Kier molecular flexibility index (Phi) is 13.4. The number of carbonyl (C=O) groups is 3. The molecular weight excluding hydrogens is 456 g/mol. The number of carboxylic acids is 3. The molecule has 4 atom stereocenters. The van der Waals surface area contributed by atoms with Gasteiger partial charge in [-0.05, 0) is 6.92 Å². The van der Waals surface area contributed by atoms with Crippen LogP contribution < -0.4 is 15.3 Å². The molecule has 14 heteroatoms. The van der Waals surface area contributed by atoms with Crippen LogP contribution in [0, 0.1) is 0 Å². The predicted octanol–water partition coefficient (Wildman–Crippen LogP) is -8.08. The van der Waals surface area contributed by atoms with E-state index < -0.39 is 62.0 Å². The van der Waals surface area contributed by atoms with E-state index in [2.05, 4.69) is 0 Å². The first kappa shape index (κ1) is 30.1. The van der Waals surface area contributed by atoms with Crippen LogP contribution >= 0.6 is 0 Å². The van der Waals surface area contributed by atoms with Crippen LogP contribution in [0.5, 0.6) is 0 Å². The molecule has 14 nitrogen and oxygen atoms in total. The molecule has 1 fully saturated rings. The second kappa shape index (κ2) is 15.2. The Morgan fingerprint density at radius 3 is 1.12 bits per heavy atom. The van der Waals surface area contributed by atoms with Gasteiger partial charge in [0.05, 0.1) is 62.0 Å². The Morgan fingerprint density at radius 1 is 0.647 bits per heavy atom. The van der Waals surface area contributed by atoms with Gasteiger partial charge in [-0.25, -0.2) is 0 Å². The standard InChI is InChI=1S/C20H38N4O10/c1-14(28)10-21-2-4-22(15(11-25)18(29)30)6-8-24(17(13-27)20(33)34)9-7-23(5-3-21)16(12-26)19(31)32/h14-17,25-28H,2-13H2,1H3,(H,29,30)(H,31,32)(H,33,34)/p-3. The number of hydrogen-bond donors (Lipinski definition) is 4. The van der Waals surface area contributed by atoms with Crippen molar-refractivity contribution in [1.29, 1.82) is 0 Å². The molecule has 1 rings (SSSR count). The summed E-state index contributed by atoms with van der Waals surface area (Å²) in [5.41, 5.74) is 0. The van der Waals surface area contributed by atoms with Crippen molar-refractivity contribution in [2.75, 3.05) is 78.7 Å². The normalized spacial score (nSPS) is 22.1. The first-order valence-electron chi connectivity index (χ1n) is 11.1. The highest BCUT2D eigenvalue weighted by atomic mass is 16.4. The summed E-state index contributed by atoms with van der Waals surface area (Å²) in [6, 6.07) is -4.16. The van der Waals surface area contributed by atoms with Gasteiger partial charge in [-0.2, -0.15) is 0 Å². The van der Waals surface area contributed by atoms with Crippen LogP contribution in [-0.4, -0.2) is 161 Å². The van der Waals surface area contributed by atoms with E-state index in [0.717, 1.165) is 0 Å². The second-order valence-corrected chi connectivity index (χ2v) is 8.31. The van der Waals surface area contributed by atoms with Gasteiger partial charge in [-0.1, -0.05) is 0 Å². The molecule has 1 saturated heterocycles. The van der Waals surface area contributed by atoms with Crippen LogP contribution in [0.1, 0.15) is 6.92 Å². The average molecular weight is 492 g/mol. The van der Waals surface area contributed by atoms with Gasteiger partial charge in [-0.15, -0.1) is 0 Å². The van der Waals surface area contributed by atoms with Gasteiger partial charge in [0.2, 0.25) is 0 Å². The zero-order valence-corrected chi connectivity index (χ0v) is 19.3. The molecule has 4 unspecified atom stereocenters. The first-order valence-corrected chi connectivity index (χ1v) is 11.1. The Balaban J connectivity index is 3.27. The summed E-state index contributed by atoms with van der Waals surface area (Å²) >= 11 is 0. The number of β-amino-alcohol motifs (C(OH)–C–C–N with tert-alkyl or cyclic N) is 1. The van der Waals surface area contributed by atoms with E-state index in [-0.39, 0.29) is 58.9 Å². The van der Waals surface area contributed by atoms with Crippen molar-refractivity contribution in [1.82, 2.24) is 19.6 Å². The molecule has 0 aromatic carbocycles. The highest BCUT2D eigenvalue weighted by molar-refractivity contribution is 5.72. The highest BCUT2D eigenvalue weighted by Gasteiger charge is 2.27. The number of hydrogen-bond acceptors (Lipinski definition) is 14. The van der Waals surface area contributed by atoms with Gasteiger partial charge in [0, 0.05) is 58.9 Å². The van der Waals surface area contributed by atoms with Gasteiger partial charge in [0.1, 0.15) is 0 Å². The quantitative estimate of drug-likeness (QED) is 0.211. The van der Waals surface area contributed by atoms with Crippen molar-refractivity contribution in [3.05, 3.63) is 0 Å². The Morgan fingerprint density at radius 2 is 0.912 bits per heavy atom. The molecule has 0 aromatic rings. The molecule has 198 valence electrons. The maximum atomic E-state index is 11.6. The van der Waals surface area contributed by atoms with Crippen LogP contribution in [-0.2, 0) is 14.4 Å². The molecule has 0 spiro atoms. The number of rotatable bonds is 11. The number of carboxylic acid groups (broad SMARTS) is 3. The lowest BCUT2D eigenvalue weighted by Gasteiger charge is -2.40. The molecule has 0 amide bonds. The van der Waals surface area contributed by atoms with Crippen molar-refractivity contribution in [2.24, 2.45) is 0 Å². The van der Waals surface area contributed by atoms with E-state index >= 15 is 0 Å². The fourth-order valence-electron chi connectivity index (χ4n) is 4.01. The number of carbonyl (C=O) groups excluding carboxylic acids is 3. The van der Waals surface area contributed by atoms with Crippen LogP contribution in [0.2, 0.25) is 0 Å². The smallest absolute Gasteiger partial charge is 0.0728 e. The lowest BCUT2D eigenvalue weighted by atomic mass is 10.2.